The monoisotopic (exact) mass is 304 g/mol. The molecule has 1 rings (SSSR count). The maximum Gasteiger partial charge on any atom is 0.312 e. The molecule has 17 heavy (non-hydrogen) atoms. The van der Waals surface area contributed by atoms with E-state index in [-0.39, 0.29) is 17.2 Å². The summed E-state index contributed by atoms with van der Waals surface area (Å²) in [6.45, 7) is 6.22. The fraction of sp³-hybridized carbons (Fsp3) is 0.833. The van der Waals surface area contributed by atoms with Crippen molar-refractivity contribution in [2.45, 2.75) is 26.7 Å². The number of piperazine rings is 1. The first-order valence-corrected chi connectivity index (χ1v) is 7.22. The van der Waals surface area contributed by atoms with Crippen LogP contribution < -0.4 is 0 Å². The number of hydrogen-bond acceptors (Lipinski definition) is 2. The molecular weight excluding hydrogens is 284 g/mol. The van der Waals surface area contributed by atoms with Crippen molar-refractivity contribution in [1.82, 2.24) is 9.80 Å². The summed E-state index contributed by atoms with van der Waals surface area (Å²) in [5.74, 6) is -0.738. The Balaban J connectivity index is 2.74. The van der Waals surface area contributed by atoms with Crippen LogP contribution in [0.3, 0.4) is 0 Å². The van der Waals surface area contributed by atoms with Gasteiger partial charge in [-0.05, 0) is 18.3 Å². The lowest BCUT2D eigenvalue weighted by atomic mass is 9.84. The molecule has 1 fully saturated rings. The van der Waals surface area contributed by atoms with Crippen LogP contribution in [0.5, 0.6) is 0 Å². The Hall–Kier alpha value is -0.580. The van der Waals surface area contributed by atoms with Gasteiger partial charge >= 0.3 is 11.8 Å². The van der Waals surface area contributed by atoms with Crippen LogP contribution in [0, 0.1) is 5.41 Å². The van der Waals surface area contributed by atoms with E-state index in [1.54, 1.807) is 11.9 Å². The fourth-order valence-corrected chi connectivity index (χ4v) is 3.00. The number of amides is 2. The summed E-state index contributed by atoms with van der Waals surface area (Å²) in [6, 6.07) is 0. The van der Waals surface area contributed by atoms with E-state index in [1.165, 1.54) is 4.90 Å². The fourth-order valence-electron chi connectivity index (χ4n) is 2.03. The molecule has 98 valence electrons. The maximum absolute atomic E-state index is 11.9. The van der Waals surface area contributed by atoms with Crippen molar-refractivity contribution in [1.29, 1.82) is 0 Å². The number of carbonyl (C=O) groups excluding carboxylic acids is 2. The van der Waals surface area contributed by atoms with Crippen LogP contribution in [0.1, 0.15) is 26.7 Å². The van der Waals surface area contributed by atoms with E-state index in [0.29, 0.717) is 19.6 Å². The Morgan fingerprint density at radius 3 is 2.24 bits per heavy atom. The Labute approximate surface area is 111 Å². The minimum atomic E-state index is -0.382. The van der Waals surface area contributed by atoms with Crippen molar-refractivity contribution in [3.8, 4) is 0 Å². The molecule has 0 aromatic heterocycles. The Morgan fingerprint density at radius 2 is 1.76 bits per heavy atom. The van der Waals surface area contributed by atoms with E-state index in [1.807, 2.05) is 0 Å². The van der Waals surface area contributed by atoms with Crippen LogP contribution in [0.25, 0.3) is 0 Å². The third kappa shape index (κ3) is 3.00. The van der Waals surface area contributed by atoms with Crippen molar-refractivity contribution in [3.05, 3.63) is 0 Å². The first-order valence-electron chi connectivity index (χ1n) is 6.10. The normalized spacial score (nSPS) is 17.9. The highest BCUT2D eigenvalue weighted by molar-refractivity contribution is 9.09. The first-order chi connectivity index (χ1) is 7.99. The van der Waals surface area contributed by atoms with E-state index in [0.717, 1.165) is 18.2 Å². The minimum absolute atomic E-state index is 0.0891. The highest BCUT2D eigenvalue weighted by Gasteiger charge is 2.35. The van der Waals surface area contributed by atoms with Crippen LogP contribution in [-0.4, -0.2) is 53.6 Å². The molecule has 0 bridgehead atoms. The summed E-state index contributed by atoms with van der Waals surface area (Å²) in [7, 11) is 1.68. The highest BCUT2D eigenvalue weighted by Crippen LogP contribution is 2.30. The largest absolute Gasteiger partial charge is 0.336 e. The summed E-state index contributed by atoms with van der Waals surface area (Å²) in [4.78, 5) is 26.7. The van der Waals surface area contributed by atoms with Gasteiger partial charge in [0.2, 0.25) is 0 Å². The van der Waals surface area contributed by atoms with Crippen molar-refractivity contribution < 1.29 is 9.59 Å². The Morgan fingerprint density at radius 1 is 1.18 bits per heavy atom. The molecule has 4 nitrogen and oxygen atoms in total. The molecule has 0 aliphatic carbocycles. The highest BCUT2D eigenvalue weighted by atomic mass is 79.9. The van der Waals surface area contributed by atoms with Gasteiger partial charge in [-0.15, -0.1) is 0 Å². The maximum atomic E-state index is 11.9. The molecule has 1 saturated heterocycles. The van der Waals surface area contributed by atoms with Crippen LogP contribution >= 0.6 is 15.9 Å². The molecule has 2 amide bonds. The molecule has 0 N–H and O–H groups in total. The van der Waals surface area contributed by atoms with Crippen molar-refractivity contribution in [2.75, 3.05) is 32.0 Å². The number of likely N-dealkylation sites (N-methyl/N-ethyl adjacent to an activating group) is 1. The second kappa shape index (κ2) is 5.85. The molecule has 5 heteroatoms. The third-order valence-corrected chi connectivity index (χ3v) is 5.02. The molecule has 0 atom stereocenters. The molecule has 0 saturated carbocycles. The number of hydrogen-bond donors (Lipinski definition) is 0. The number of carbonyl (C=O) groups is 2. The van der Waals surface area contributed by atoms with Crippen molar-refractivity contribution >= 4 is 27.7 Å². The van der Waals surface area contributed by atoms with Gasteiger partial charge in [-0.25, -0.2) is 0 Å². The topological polar surface area (TPSA) is 40.6 Å². The predicted octanol–water partition coefficient (Wildman–Crippen LogP) is 1.49. The third-order valence-electron chi connectivity index (χ3n) is 3.83. The molecule has 1 heterocycles. The zero-order valence-corrected chi connectivity index (χ0v) is 12.4. The van der Waals surface area contributed by atoms with Crippen molar-refractivity contribution in [3.63, 3.8) is 0 Å². The van der Waals surface area contributed by atoms with Crippen LogP contribution in [0.4, 0.5) is 0 Å². The lowest BCUT2D eigenvalue weighted by Gasteiger charge is -2.39. The van der Waals surface area contributed by atoms with Crippen LogP contribution in [-0.2, 0) is 9.59 Å². The first kappa shape index (κ1) is 14.5. The summed E-state index contributed by atoms with van der Waals surface area (Å²) in [5, 5.41) is 0.862. The van der Waals surface area contributed by atoms with Gasteiger partial charge in [0.05, 0.1) is 0 Å². The zero-order chi connectivity index (χ0) is 13.1. The smallest absolute Gasteiger partial charge is 0.312 e. The lowest BCUT2D eigenvalue weighted by molar-refractivity contribution is -0.156. The van der Waals surface area contributed by atoms with Gasteiger partial charge < -0.3 is 9.80 Å². The number of alkyl halides is 1. The van der Waals surface area contributed by atoms with Gasteiger partial charge in [0.25, 0.3) is 0 Å². The second-order valence-electron chi connectivity index (χ2n) is 4.79. The van der Waals surface area contributed by atoms with Crippen LogP contribution in [0.15, 0.2) is 0 Å². The SMILES string of the molecule is CCC(CC)(CBr)CN1CCN(C)C(=O)C1=O. The zero-order valence-electron chi connectivity index (χ0n) is 10.8. The number of halogens is 1. The van der Waals surface area contributed by atoms with E-state index in [2.05, 4.69) is 29.8 Å². The van der Waals surface area contributed by atoms with Gasteiger partial charge in [-0.3, -0.25) is 9.59 Å². The lowest BCUT2D eigenvalue weighted by Crippen LogP contribution is -2.55. The predicted molar refractivity (Wildman–Crippen MR) is 71.0 cm³/mol. The summed E-state index contributed by atoms with van der Waals surface area (Å²) in [6.07, 6.45) is 2.01. The molecule has 1 aliphatic rings. The van der Waals surface area contributed by atoms with E-state index >= 15 is 0 Å². The molecule has 0 unspecified atom stereocenters. The summed E-state index contributed by atoms with van der Waals surface area (Å²) < 4.78 is 0. The molecule has 0 spiro atoms. The van der Waals surface area contributed by atoms with Gasteiger partial charge in [0, 0.05) is 32.0 Å². The second-order valence-corrected chi connectivity index (χ2v) is 5.35. The minimum Gasteiger partial charge on any atom is -0.336 e. The average Bonchev–Trinajstić information content (AvgIpc) is 2.36. The van der Waals surface area contributed by atoms with Gasteiger partial charge in [0.1, 0.15) is 0 Å². The standard InChI is InChI=1S/C12H21BrN2O2/c1-4-12(5-2,8-13)9-15-7-6-14(3)10(16)11(15)17/h4-9H2,1-3H3. The number of rotatable bonds is 5. The molecule has 0 aromatic rings. The Bertz CT molecular complexity index is 295. The van der Waals surface area contributed by atoms with E-state index in [4.69, 9.17) is 0 Å². The molecule has 0 radical (unpaired) electrons. The Kier molecular flexibility index (Phi) is 4.98. The molecule has 0 aromatic carbocycles. The van der Waals surface area contributed by atoms with Gasteiger partial charge in [0.15, 0.2) is 0 Å². The average molecular weight is 305 g/mol. The summed E-state index contributed by atoms with van der Waals surface area (Å²) in [5.41, 5.74) is 0.0891. The quantitative estimate of drug-likeness (QED) is 0.570. The van der Waals surface area contributed by atoms with Gasteiger partial charge in [-0.2, -0.15) is 0 Å². The summed E-state index contributed by atoms with van der Waals surface area (Å²) >= 11 is 3.53. The van der Waals surface area contributed by atoms with Crippen molar-refractivity contribution in [2.24, 2.45) is 5.41 Å². The van der Waals surface area contributed by atoms with E-state index < -0.39 is 0 Å². The van der Waals surface area contributed by atoms with Gasteiger partial charge in [-0.1, -0.05) is 29.8 Å². The molecular formula is C12H21BrN2O2. The van der Waals surface area contributed by atoms with E-state index in [9.17, 15) is 9.59 Å². The number of nitrogens with zero attached hydrogens (tertiary/aromatic N) is 2. The molecule has 1 aliphatic heterocycles. The van der Waals surface area contributed by atoms with Crippen LogP contribution in [0.2, 0.25) is 0 Å².